The third-order valence-corrected chi connectivity index (χ3v) is 3.39. The minimum absolute atomic E-state index is 0.358. The van der Waals surface area contributed by atoms with Gasteiger partial charge in [-0.1, -0.05) is 6.42 Å². The van der Waals surface area contributed by atoms with Gasteiger partial charge in [0, 0.05) is 6.61 Å². The van der Waals surface area contributed by atoms with E-state index in [1.807, 2.05) is 0 Å². The van der Waals surface area contributed by atoms with Gasteiger partial charge in [-0.25, -0.2) is 0 Å². The first kappa shape index (κ1) is 8.52. The normalized spacial score (nSPS) is 47.5. The highest BCUT2D eigenvalue weighted by Crippen LogP contribution is 2.40. The highest BCUT2D eigenvalue weighted by atomic mass is 16.5. The summed E-state index contributed by atoms with van der Waals surface area (Å²) in [6, 6.07) is 0. The van der Waals surface area contributed by atoms with Crippen LogP contribution in [0.5, 0.6) is 0 Å². The molecule has 1 saturated carbocycles. The first-order chi connectivity index (χ1) is 5.81. The van der Waals surface area contributed by atoms with Crippen molar-refractivity contribution in [2.45, 2.75) is 44.8 Å². The van der Waals surface area contributed by atoms with Gasteiger partial charge in [0.05, 0.1) is 12.2 Å². The van der Waals surface area contributed by atoms with Crippen molar-refractivity contribution < 1.29 is 9.84 Å². The Balaban J connectivity index is 2.02. The van der Waals surface area contributed by atoms with Gasteiger partial charge in [0.1, 0.15) is 0 Å². The Morgan fingerprint density at radius 2 is 2.25 bits per heavy atom. The molecule has 2 nitrogen and oxygen atoms in total. The molecular weight excluding hydrogens is 152 g/mol. The van der Waals surface area contributed by atoms with E-state index in [4.69, 9.17) is 9.84 Å². The van der Waals surface area contributed by atoms with Crippen molar-refractivity contribution >= 4 is 0 Å². The zero-order valence-corrected chi connectivity index (χ0v) is 7.70. The maximum Gasteiger partial charge on any atom is 0.0611 e. The van der Waals surface area contributed by atoms with Gasteiger partial charge in [0.15, 0.2) is 0 Å². The molecular formula is C10H18O2. The molecule has 1 heterocycles. The molecule has 2 heteroatoms. The SMILES string of the molecule is CC1CC2C(CO)CCCC2O1. The molecule has 1 N–H and O–H groups in total. The van der Waals surface area contributed by atoms with E-state index in [-0.39, 0.29) is 0 Å². The van der Waals surface area contributed by atoms with Gasteiger partial charge in [0.25, 0.3) is 0 Å². The minimum atomic E-state index is 0.358. The summed E-state index contributed by atoms with van der Waals surface area (Å²) in [5.41, 5.74) is 0. The van der Waals surface area contributed by atoms with Gasteiger partial charge in [-0.2, -0.15) is 0 Å². The smallest absolute Gasteiger partial charge is 0.0611 e. The van der Waals surface area contributed by atoms with Crippen LogP contribution in [0.25, 0.3) is 0 Å². The molecule has 0 aromatic rings. The summed E-state index contributed by atoms with van der Waals surface area (Å²) in [6.45, 7) is 2.50. The summed E-state index contributed by atoms with van der Waals surface area (Å²) >= 11 is 0. The van der Waals surface area contributed by atoms with Gasteiger partial charge >= 0.3 is 0 Å². The molecule has 2 aliphatic rings. The third-order valence-electron chi connectivity index (χ3n) is 3.39. The Labute approximate surface area is 73.9 Å². The Morgan fingerprint density at radius 1 is 1.42 bits per heavy atom. The van der Waals surface area contributed by atoms with Gasteiger partial charge in [-0.05, 0) is 38.0 Å². The molecule has 12 heavy (non-hydrogen) atoms. The van der Waals surface area contributed by atoms with E-state index in [0.717, 1.165) is 6.42 Å². The third kappa shape index (κ3) is 1.38. The average molecular weight is 170 g/mol. The highest BCUT2D eigenvalue weighted by Gasteiger charge is 2.39. The molecule has 0 amide bonds. The molecule has 2 rings (SSSR count). The lowest BCUT2D eigenvalue weighted by Gasteiger charge is -2.31. The molecule has 0 radical (unpaired) electrons. The molecule has 4 unspecified atom stereocenters. The Hall–Kier alpha value is -0.0800. The van der Waals surface area contributed by atoms with Crippen LogP contribution in [0.4, 0.5) is 0 Å². The number of ether oxygens (including phenoxy) is 1. The van der Waals surface area contributed by atoms with Crippen LogP contribution in [0, 0.1) is 11.8 Å². The monoisotopic (exact) mass is 170 g/mol. The van der Waals surface area contributed by atoms with E-state index < -0.39 is 0 Å². The van der Waals surface area contributed by atoms with E-state index >= 15 is 0 Å². The summed E-state index contributed by atoms with van der Waals surface area (Å²) < 4.78 is 5.79. The van der Waals surface area contributed by atoms with Crippen LogP contribution in [-0.2, 0) is 4.74 Å². The van der Waals surface area contributed by atoms with Crippen molar-refractivity contribution in [3.63, 3.8) is 0 Å². The Bertz CT molecular complexity index is 152. The van der Waals surface area contributed by atoms with Crippen LogP contribution >= 0.6 is 0 Å². The van der Waals surface area contributed by atoms with Crippen LogP contribution in [0.2, 0.25) is 0 Å². The summed E-state index contributed by atoms with van der Waals surface area (Å²) in [5.74, 6) is 1.17. The van der Waals surface area contributed by atoms with E-state index in [1.54, 1.807) is 0 Å². The van der Waals surface area contributed by atoms with Gasteiger partial charge in [-0.15, -0.1) is 0 Å². The predicted molar refractivity (Wildman–Crippen MR) is 46.9 cm³/mol. The van der Waals surface area contributed by atoms with Crippen molar-refractivity contribution in [2.24, 2.45) is 11.8 Å². The number of aliphatic hydroxyl groups is 1. The fraction of sp³-hybridized carbons (Fsp3) is 1.00. The highest BCUT2D eigenvalue weighted by molar-refractivity contribution is 4.88. The lowest BCUT2D eigenvalue weighted by Crippen LogP contribution is -2.30. The number of hydrogen-bond acceptors (Lipinski definition) is 2. The summed E-state index contributed by atoms with van der Waals surface area (Å²) in [6.07, 6.45) is 5.70. The Morgan fingerprint density at radius 3 is 3.00 bits per heavy atom. The van der Waals surface area contributed by atoms with Crippen molar-refractivity contribution in [3.05, 3.63) is 0 Å². The summed E-state index contributed by atoms with van der Waals surface area (Å²) in [4.78, 5) is 0. The van der Waals surface area contributed by atoms with E-state index in [9.17, 15) is 0 Å². The fourth-order valence-electron chi connectivity index (χ4n) is 2.79. The van der Waals surface area contributed by atoms with Crippen LogP contribution in [0.1, 0.15) is 32.6 Å². The van der Waals surface area contributed by atoms with E-state index in [0.29, 0.717) is 30.7 Å². The molecule has 0 spiro atoms. The van der Waals surface area contributed by atoms with Crippen molar-refractivity contribution in [3.8, 4) is 0 Å². The number of aliphatic hydroxyl groups excluding tert-OH is 1. The molecule has 2 fully saturated rings. The Kier molecular flexibility index (Phi) is 2.37. The minimum Gasteiger partial charge on any atom is -0.396 e. The predicted octanol–water partition coefficient (Wildman–Crippen LogP) is 1.57. The molecule has 4 atom stereocenters. The van der Waals surface area contributed by atoms with Crippen LogP contribution < -0.4 is 0 Å². The quantitative estimate of drug-likeness (QED) is 0.647. The number of hydrogen-bond donors (Lipinski definition) is 1. The van der Waals surface area contributed by atoms with Crippen LogP contribution in [0.15, 0.2) is 0 Å². The first-order valence-corrected chi connectivity index (χ1v) is 5.07. The molecule has 0 aromatic carbocycles. The number of rotatable bonds is 1. The second-order valence-corrected chi connectivity index (χ2v) is 4.26. The lowest BCUT2D eigenvalue weighted by atomic mass is 9.77. The fourth-order valence-corrected chi connectivity index (χ4v) is 2.79. The lowest BCUT2D eigenvalue weighted by molar-refractivity contribution is 0.00330. The van der Waals surface area contributed by atoms with Gasteiger partial charge in [0.2, 0.25) is 0 Å². The molecule has 70 valence electrons. The molecule has 1 aliphatic heterocycles. The van der Waals surface area contributed by atoms with Crippen molar-refractivity contribution in [1.29, 1.82) is 0 Å². The molecule has 1 aliphatic carbocycles. The molecule has 1 saturated heterocycles. The average Bonchev–Trinajstić information content (AvgIpc) is 2.44. The van der Waals surface area contributed by atoms with Crippen LogP contribution in [-0.4, -0.2) is 23.9 Å². The summed E-state index contributed by atoms with van der Waals surface area (Å²) in [5, 5.41) is 9.17. The first-order valence-electron chi connectivity index (χ1n) is 5.07. The maximum absolute atomic E-state index is 9.17. The number of fused-ring (bicyclic) bond motifs is 1. The second-order valence-electron chi connectivity index (χ2n) is 4.26. The maximum atomic E-state index is 9.17. The molecule has 0 aromatic heterocycles. The largest absolute Gasteiger partial charge is 0.396 e. The van der Waals surface area contributed by atoms with E-state index in [2.05, 4.69) is 6.92 Å². The van der Waals surface area contributed by atoms with Crippen LogP contribution in [0.3, 0.4) is 0 Å². The van der Waals surface area contributed by atoms with Crippen molar-refractivity contribution in [2.75, 3.05) is 6.61 Å². The van der Waals surface area contributed by atoms with Gasteiger partial charge in [-0.3, -0.25) is 0 Å². The standard InChI is InChI=1S/C10H18O2/c1-7-5-9-8(6-11)3-2-4-10(9)12-7/h7-11H,2-6H2,1H3. The zero-order chi connectivity index (χ0) is 8.55. The van der Waals surface area contributed by atoms with E-state index in [1.165, 1.54) is 19.3 Å². The molecule has 0 bridgehead atoms. The van der Waals surface area contributed by atoms with Gasteiger partial charge < -0.3 is 9.84 Å². The second kappa shape index (κ2) is 3.35. The van der Waals surface area contributed by atoms with Crippen molar-refractivity contribution in [1.82, 2.24) is 0 Å². The zero-order valence-electron chi connectivity index (χ0n) is 7.70. The topological polar surface area (TPSA) is 29.5 Å². The summed E-state index contributed by atoms with van der Waals surface area (Å²) in [7, 11) is 0.